The number of aromatic nitrogens is 4. The summed E-state index contributed by atoms with van der Waals surface area (Å²) in [5, 5.41) is 3.54. The molecule has 3 heterocycles. The first-order chi connectivity index (χ1) is 19.2. The summed E-state index contributed by atoms with van der Waals surface area (Å²) in [6, 6.07) is 6.67. The van der Waals surface area contributed by atoms with Crippen molar-refractivity contribution in [3.8, 4) is 17.0 Å². The highest BCUT2D eigenvalue weighted by Crippen LogP contribution is 2.34. The maximum Gasteiger partial charge on any atom is 0.227 e. The van der Waals surface area contributed by atoms with Crippen molar-refractivity contribution in [1.29, 1.82) is 0 Å². The molecule has 0 atom stereocenters. The number of rotatable bonds is 8. The highest BCUT2D eigenvalue weighted by atomic mass is 35.5. The summed E-state index contributed by atoms with van der Waals surface area (Å²) >= 11 is 6.66. The summed E-state index contributed by atoms with van der Waals surface area (Å²) in [5.41, 5.74) is 2.58. The first-order valence-electron chi connectivity index (χ1n) is 13.5. The zero-order valence-electron chi connectivity index (χ0n) is 23.4. The molecule has 1 aliphatic rings. The molecule has 1 saturated heterocycles. The number of hydrogen-bond donors (Lipinski definition) is 1. The molecule has 2 aromatic heterocycles. The monoisotopic (exact) mass is 569 g/mol. The summed E-state index contributed by atoms with van der Waals surface area (Å²) < 4.78 is 37.6. The van der Waals surface area contributed by atoms with Gasteiger partial charge in [-0.15, -0.1) is 0 Å². The van der Waals surface area contributed by atoms with Gasteiger partial charge in [-0.05, 0) is 45.5 Å². The number of fused-ring (bicyclic) bond motifs is 1. The molecule has 0 radical (unpaired) electrons. The quantitative estimate of drug-likeness (QED) is 0.271. The Balaban J connectivity index is 1.43. The molecule has 0 unspecified atom stereocenters. The molecule has 1 aliphatic heterocycles. The molecular formula is C29H34ClF2N7O. The fourth-order valence-electron chi connectivity index (χ4n) is 5.32. The van der Waals surface area contributed by atoms with Gasteiger partial charge < -0.3 is 19.5 Å². The Hall–Kier alpha value is -3.34. The van der Waals surface area contributed by atoms with Crippen LogP contribution in [0.15, 0.2) is 30.5 Å². The van der Waals surface area contributed by atoms with E-state index in [0.717, 1.165) is 51.0 Å². The van der Waals surface area contributed by atoms with Gasteiger partial charge in [0.1, 0.15) is 22.8 Å². The van der Waals surface area contributed by atoms with E-state index in [9.17, 15) is 4.39 Å². The van der Waals surface area contributed by atoms with Crippen LogP contribution in [0.4, 0.5) is 20.4 Å². The average molecular weight is 570 g/mol. The van der Waals surface area contributed by atoms with Crippen molar-refractivity contribution in [1.82, 2.24) is 29.3 Å². The van der Waals surface area contributed by atoms with E-state index in [0.29, 0.717) is 27.8 Å². The highest BCUT2D eigenvalue weighted by molar-refractivity contribution is 6.33. The zero-order chi connectivity index (χ0) is 28.6. The number of nitrogens with zero attached hydrogens (tertiary/aromatic N) is 6. The van der Waals surface area contributed by atoms with Crippen LogP contribution in [0.25, 0.3) is 22.3 Å². The van der Waals surface area contributed by atoms with Gasteiger partial charge in [0.2, 0.25) is 5.95 Å². The third kappa shape index (κ3) is 5.61. The molecule has 5 rings (SSSR count). The number of nitrogens with one attached hydrogen (secondary N) is 1. The van der Waals surface area contributed by atoms with Gasteiger partial charge in [-0.1, -0.05) is 18.5 Å². The molecule has 0 spiro atoms. The second kappa shape index (κ2) is 11.6. The summed E-state index contributed by atoms with van der Waals surface area (Å²) in [4.78, 5) is 17.7. The molecular weight excluding hydrogens is 536 g/mol. The van der Waals surface area contributed by atoms with Gasteiger partial charge in [-0.25, -0.2) is 23.7 Å². The van der Waals surface area contributed by atoms with E-state index in [1.54, 1.807) is 19.2 Å². The Morgan fingerprint density at radius 1 is 1.02 bits per heavy atom. The molecule has 11 heteroatoms. The second-order valence-corrected chi connectivity index (χ2v) is 10.7. The van der Waals surface area contributed by atoms with E-state index in [2.05, 4.69) is 37.0 Å². The maximum atomic E-state index is 15.1. The minimum absolute atomic E-state index is 0.0293. The van der Waals surface area contributed by atoms with Crippen LogP contribution in [-0.2, 0) is 6.54 Å². The fraction of sp³-hybridized carbons (Fsp3) is 0.414. The van der Waals surface area contributed by atoms with Crippen LogP contribution in [0.1, 0.15) is 38.2 Å². The SMILES string of the molecule is CCN1CCN(Cc2cc(Cl)c(Nc3ncc(F)c(-c4cc(F)c5nc(C)n(C(C)C)c5c4)n3)cc2OC)CC1. The number of halogens is 3. The van der Waals surface area contributed by atoms with Crippen LogP contribution in [-0.4, -0.2) is 69.2 Å². The Morgan fingerprint density at radius 3 is 2.42 bits per heavy atom. The van der Waals surface area contributed by atoms with Crippen LogP contribution in [0.2, 0.25) is 5.02 Å². The Kier molecular flexibility index (Phi) is 8.21. The summed E-state index contributed by atoms with van der Waals surface area (Å²) in [6.07, 6.45) is 1.06. The van der Waals surface area contributed by atoms with Crippen LogP contribution >= 0.6 is 11.6 Å². The van der Waals surface area contributed by atoms with E-state index in [1.165, 1.54) is 6.07 Å². The normalized spacial score (nSPS) is 14.8. The van der Waals surface area contributed by atoms with Crippen LogP contribution in [0.3, 0.4) is 0 Å². The van der Waals surface area contributed by atoms with Crippen molar-refractivity contribution in [3.63, 3.8) is 0 Å². The second-order valence-electron chi connectivity index (χ2n) is 10.3. The van der Waals surface area contributed by atoms with Crippen molar-refractivity contribution < 1.29 is 13.5 Å². The minimum atomic E-state index is -0.668. The topological polar surface area (TPSA) is 71.3 Å². The number of piperazine rings is 1. The van der Waals surface area contributed by atoms with Crippen molar-refractivity contribution in [3.05, 3.63) is 58.5 Å². The Labute approximate surface area is 237 Å². The van der Waals surface area contributed by atoms with Gasteiger partial charge in [-0.3, -0.25) is 4.90 Å². The number of aryl methyl sites for hydroxylation is 1. The van der Waals surface area contributed by atoms with E-state index in [-0.39, 0.29) is 28.8 Å². The third-order valence-corrected chi connectivity index (χ3v) is 7.69. The Morgan fingerprint density at radius 2 is 1.75 bits per heavy atom. The van der Waals surface area contributed by atoms with E-state index in [4.69, 9.17) is 16.3 Å². The number of methoxy groups -OCH3 is 1. The Bertz CT molecular complexity index is 1530. The molecule has 212 valence electrons. The lowest BCUT2D eigenvalue weighted by molar-refractivity contribution is 0.131. The minimum Gasteiger partial charge on any atom is -0.496 e. The highest BCUT2D eigenvalue weighted by Gasteiger charge is 2.21. The maximum absolute atomic E-state index is 15.1. The molecule has 0 bridgehead atoms. The summed E-state index contributed by atoms with van der Waals surface area (Å²) in [5.74, 6) is 0.275. The molecule has 0 amide bonds. The number of ether oxygens (including phenoxy) is 1. The van der Waals surface area contributed by atoms with Gasteiger partial charge >= 0.3 is 0 Å². The van der Waals surface area contributed by atoms with E-state index in [1.807, 2.05) is 31.4 Å². The predicted octanol–water partition coefficient (Wildman–Crippen LogP) is 6.20. The standard InChI is InChI=1S/C29H34ClF2N7O/c1-6-37-7-9-38(10-8-37)16-20-11-21(30)24(14-26(20)40-5)35-29-33-15-23(32)27(36-29)19-12-22(31)28-25(13-19)39(17(2)3)18(4)34-28/h11-15,17H,6-10,16H2,1-5H3,(H,33,35,36). The molecule has 40 heavy (non-hydrogen) atoms. The van der Waals surface area contributed by atoms with Gasteiger partial charge in [0.25, 0.3) is 0 Å². The lowest BCUT2D eigenvalue weighted by Crippen LogP contribution is -2.45. The van der Waals surface area contributed by atoms with E-state index < -0.39 is 11.6 Å². The summed E-state index contributed by atoms with van der Waals surface area (Å²) in [6.45, 7) is 13.8. The van der Waals surface area contributed by atoms with Crippen LogP contribution in [0.5, 0.6) is 5.75 Å². The van der Waals surface area contributed by atoms with Crippen LogP contribution < -0.4 is 10.1 Å². The van der Waals surface area contributed by atoms with Gasteiger partial charge in [-0.2, -0.15) is 0 Å². The zero-order valence-corrected chi connectivity index (χ0v) is 24.2. The first-order valence-corrected chi connectivity index (χ1v) is 13.8. The fourth-order valence-corrected chi connectivity index (χ4v) is 5.55. The molecule has 2 aromatic carbocycles. The van der Waals surface area contributed by atoms with Gasteiger partial charge in [0, 0.05) is 56.0 Å². The molecule has 8 nitrogen and oxygen atoms in total. The average Bonchev–Trinajstić information content (AvgIpc) is 3.28. The van der Waals surface area contributed by atoms with Crippen LogP contribution in [0, 0.1) is 18.6 Å². The molecule has 4 aromatic rings. The smallest absolute Gasteiger partial charge is 0.227 e. The summed E-state index contributed by atoms with van der Waals surface area (Å²) in [7, 11) is 1.62. The number of anilines is 2. The number of hydrogen-bond acceptors (Lipinski definition) is 7. The predicted molar refractivity (Wildman–Crippen MR) is 154 cm³/mol. The lowest BCUT2D eigenvalue weighted by atomic mass is 10.1. The van der Waals surface area contributed by atoms with Gasteiger partial charge in [0.15, 0.2) is 11.6 Å². The van der Waals surface area contributed by atoms with Crippen molar-refractivity contribution in [2.24, 2.45) is 0 Å². The molecule has 0 saturated carbocycles. The van der Waals surface area contributed by atoms with Gasteiger partial charge in [0.05, 0.1) is 29.5 Å². The van der Waals surface area contributed by atoms with Crippen molar-refractivity contribution >= 4 is 34.3 Å². The van der Waals surface area contributed by atoms with Crippen molar-refractivity contribution in [2.75, 3.05) is 45.2 Å². The largest absolute Gasteiger partial charge is 0.496 e. The molecule has 0 aliphatic carbocycles. The lowest BCUT2D eigenvalue weighted by Gasteiger charge is -2.34. The number of benzene rings is 2. The van der Waals surface area contributed by atoms with E-state index >= 15 is 4.39 Å². The molecule has 1 N–H and O–H groups in total. The van der Waals surface area contributed by atoms with Crippen molar-refractivity contribution in [2.45, 2.75) is 40.3 Å². The first kappa shape index (κ1) is 28.2. The third-order valence-electron chi connectivity index (χ3n) is 7.38. The number of likely N-dealkylation sites (N-methyl/N-ethyl adjacent to an activating group) is 1. The molecule has 1 fully saturated rings. The number of imidazole rings is 1.